The molecule has 0 spiro atoms. The van der Waals surface area contributed by atoms with E-state index in [0.29, 0.717) is 11.8 Å². The summed E-state index contributed by atoms with van der Waals surface area (Å²) in [6, 6.07) is 8.74. The van der Waals surface area contributed by atoms with Crippen LogP contribution < -0.4 is 0 Å². The van der Waals surface area contributed by atoms with Gasteiger partial charge in [0.15, 0.2) is 0 Å². The van der Waals surface area contributed by atoms with Crippen LogP contribution in [0.15, 0.2) is 24.3 Å². The van der Waals surface area contributed by atoms with Crippen LogP contribution in [-0.2, 0) is 6.42 Å². The van der Waals surface area contributed by atoms with Crippen molar-refractivity contribution in [1.82, 2.24) is 0 Å². The van der Waals surface area contributed by atoms with Crippen molar-refractivity contribution in [1.29, 1.82) is 0 Å². The van der Waals surface area contributed by atoms with Crippen LogP contribution in [0, 0.1) is 17.8 Å². The van der Waals surface area contributed by atoms with E-state index in [4.69, 9.17) is 0 Å². The molecule has 2 saturated carbocycles. The lowest BCUT2D eigenvalue weighted by Gasteiger charge is -2.43. The summed E-state index contributed by atoms with van der Waals surface area (Å²) in [4.78, 5) is 0. The van der Waals surface area contributed by atoms with Gasteiger partial charge < -0.3 is 10.2 Å². The normalized spacial score (nSPS) is 33.7. The molecule has 2 heteroatoms. The van der Waals surface area contributed by atoms with Crippen molar-refractivity contribution in [3.8, 4) is 0 Å². The first-order valence-corrected chi connectivity index (χ1v) is 12.1. The molecule has 0 amide bonds. The van der Waals surface area contributed by atoms with Gasteiger partial charge in [0.2, 0.25) is 0 Å². The minimum absolute atomic E-state index is 0.0901. The molecule has 2 aliphatic carbocycles. The molecular formula is C26H42O2. The summed E-state index contributed by atoms with van der Waals surface area (Å²) >= 11 is 0. The zero-order valence-corrected chi connectivity index (χ0v) is 18.2. The van der Waals surface area contributed by atoms with E-state index in [2.05, 4.69) is 38.1 Å². The fourth-order valence-electron chi connectivity index (χ4n) is 5.89. The largest absolute Gasteiger partial charge is 0.390 e. The van der Waals surface area contributed by atoms with Crippen LogP contribution in [0.1, 0.15) is 102 Å². The Morgan fingerprint density at radius 2 is 1.50 bits per heavy atom. The second kappa shape index (κ2) is 10.8. The van der Waals surface area contributed by atoms with E-state index < -0.39 is 12.2 Å². The summed E-state index contributed by atoms with van der Waals surface area (Å²) in [5.41, 5.74) is 2.56. The van der Waals surface area contributed by atoms with E-state index in [1.165, 1.54) is 62.5 Å². The highest BCUT2D eigenvalue weighted by Crippen LogP contribution is 2.44. The van der Waals surface area contributed by atoms with E-state index >= 15 is 0 Å². The van der Waals surface area contributed by atoms with Crippen LogP contribution in [0.5, 0.6) is 0 Å². The van der Waals surface area contributed by atoms with Crippen molar-refractivity contribution in [2.75, 3.05) is 0 Å². The number of aryl methyl sites for hydroxylation is 1. The summed E-state index contributed by atoms with van der Waals surface area (Å²) in [5.74, 6) is 1.90. The lowest BCUT2D eigenvalue weighted by molar-refractivity contribution is -0.0790. The third-order valence-electron chi connectivity index (χ3n) is 7.67. The Kier molecular flexibility index (Phi) is 8.41. The van der Waals surface area contributed by atoms with Crippen molar-refractivity contribution in [2.24, 2.45) is 17.8 Å². The summed E-state index contributed by atoms with van der Waals surface area (Å²) < 4.78 is 0. The number of aliphatic hydroxyl groups excluding tert-OH is 2. The predicted molar refractivity (Wildman–Crippen MR) is 118 cm³/mol. The molecule has 1 aromatic rings. The van der Waals surface area contributed by atoms with E-state index in [-0.39, 0.29) is 5.92 Å². The molecule has 2 aliphatic rings. The highest BCUT2D eigenvalue weighted by atomic mass is 16.3. The first kappa shape index (κ1) is 21.8. The highest BCUT2D eigenvalue weighted by molar-refractivity contribution is 5.27. The third-order valence-corrected chi connectivity index (χ3v) is 7.67. The van der Waals surface area contributed by atoms with Gasteiger partial charge in [-0.2, -0.15) is 0 Å². The van der Waals surface area contributed by atoms with E-state index in [9.17, 15) is 10.2 Å². The molecule has 4 atom stereocenters. The molecule has 0 radical (unpaired) electrons. The van der Waals surface area contributed by atoms with Crippen LogP contribution in [-0.4, -0.2) is 22.4 Å². The van der Waals surface area contributed by atoms with Crippen molar-refractivity contribution >= 4 is 0 Å². The van der Waals surface area contributed by atoms with E-state index in [1.54, 1.807) is 0 Å². The molecular weight excluding hydrogens is 344 g/mol. The lowest BCUT2D eigenvalue weighted by Crippen LogP contribution is -2.45. The second-order valence-corrected chi connectivity index (χ2v) is 9.60. The number of rotatable bonds is 8. The molecule has 2 fully saturated rings. The van der Waals surface area contributed by atoms with Crippen molar-refractivity contribution in [2.45, 2.75) is 109 Å². The Hall–Kier alpha value is -0.860. The number of benzene rings is 1. The smallest absolute Gasteiger partial charge is 0.0870 e. The Balaban J connectivity index is 1.52. The highest BCUT2D eigenvalue weighted by Gasteiger charge is 2.42. The van der Waals surface area contributed by atoms with Gasteiger partial charge in [-0.1, -0.05) is 83.1 Å². The van der Waals surface area contributed by atoms with Crippen LogP contribution >= 0.6 is 0 Å². The molecule has 0 bridgehead atoms. The molecule has 3 rings (SSSR count). The number of aliphatic hydroxyl groups is 2. The molecule has 1 aromatic carbocycles. The van der Waals surface area contributed by atoms with Gasteiger partial charge >= 0.3 is 0 Å². The topological polar surface area (TPSA) is 40.5 Å². The SMILES string of the molecule is CCCCC[C@H]1CC[C@H](C2CCC(c3ccc(CCC)cc3)C(O)C2O)CC1. The van der Waals surface area contributed by atoms with E-state index in [0.717, 1.165) is 31.6 Å². The quantitative estimate of drug-likeness (QED) is 0.519. The zero-order chi connectivity index (χ0) is 19.9. The molecule has 2 nitrogen and oxygen atoms in total. The van der Waals surface area contributed by atoms with Crippen LogP contribution in [0.2, 0.25) is 0 Å². The van der Waals surface area contributed by atoms with Crippen molar-refractivity contribution in [3.63, 3.8) is 0 Å². The summed E-state index contributed by atoms with van der Waals surface area (Å²) in [6.07, 6.45) is 13.8. The minimum atomic E-state index is -0.613. The van der Waals surface area contributed by atoms with Crippen molar-refractivity contribution in [3.05, 3.63) is 35.4 Å². The van der Waals surface area contributed by atoms with Gasteiger partial charge in [0, 0.05) is 5.92 Å². The number of hydrogen-bond donors (Lipinski definition) is 2. The lowest BCUT2D eigenvalue weighted by atomic mass is 9.65. The summed E-state index contributed by atoms with van der Waals surface area (Å²) in [5, 5.41) is 21.9. The monoisotopic (exact) mass is 386 g/mol. The fourth-order valence-corrected chi connectivity index (χ4v) is 5.89. The predicted octanol–water partition coefficient (Wildman–Crippen LogP) is 6.24. The van der Waals surface area contributed by atoms with Crippen molar-refractivity contribution < 1.29 is 10.2 Å². The third kappa shape index (κ3) is 5.39. The standard InChI is InChI=1S/C26H42O2/c1-3-5-6-8-20-11-15-22(16-12-20)24-18-17-23(25(27)26(24)28)21-13-9-19(7-4-2)10-14-21/h9-10,13-14,20,22-28H,3-8,11-12,15-18H2,1-2H3/t20-,22-,23?,24?,25?,26?. The van der Waals surface area contributed by atoms with Gasteiger partial charge in [0.25, 0.3) is 0 Å². The van der Waals surface area contributed by atoms with Gasteiger partial charge in [-0.05, 0) is 61.0 Å². The average Bonchev–Trinajstić information content (AvgIpc) is 2.72. The molecule has 0 aliphatic heterocycles. The maximum Gasteiger partial charge on any atom is 0.0870 e. The Morgan fingerprint density at radius 1 is 0.786 bits per heavy atom. The molecule has 2 N–H and O–H groups in total. The first-order chi connectivity index (χ1) is 13.6. The second-order valence-electron chi connectivity index (χ2n) is 9.60. The minimum Gasteiger partial charge on any atom is -0.390 e. The Labute approximate surface area is 172 Å². The van der Waals surface area contributed by atoms with Crippen LogP contribution in [0.25, 0.3) is 0 Å². The van der Waals surface area contributed by atoms with Gasteiger partial charge in [-0.3, -0.25) is 0 Å². The molecule has 0 heterocycles. The van der Waals surface area contributed by atoms with Gasteiger partial charge in [-0.25, -0.2) is 0 Å². The van der Waals surface area contributed by atoms with Crippen LogP contribution in [0.4, 0.5) is 0 Å². The Morgan fingerprint density at radius 3 is 2.14 bits per heavy atom. The van der Waals surface area contributed by atoms with Gasteiger partial charge in [0.1, 0.15) is 0 Å². The first-order valence-electron chi connectivity index (χ1n) is 12.1. The number of unbranched alkanes of at least 4 members (excludes halogenated alkanes) is 2. The van der Waals surface area contributed by atoms with Gasteiger partial charge in [-0.15, -0.1) is 0 Å². The molecule has 4 unspecified atom stereocenters. The maximum absolute atomic E-state index is 10.9. The Bertz CT molecular complexity index is 558. The van der Waals surface area contributed by atoms with Gasteiger partial charge in [0.05, 0.1) is 12.2 Å². The van der Waals surface area contributed by atoms with E-state index in [1.807, 2.05) is 0 Å². The summed E-state index contributed by atoms with van der Waals surface area (Å²) in [7, 11) is 0. The summed E-state index contributed by atoms with van der Waals surface area (Å²) in [6.45, 7) is 4.48. The molecule has 158 valence electrons. The van der Waals surface area contributed by atoms with Crippen LogP contribution in [0.3, 0.4) is 0 Å². The molecule has 28 heavy (non-hydrogen) atoms. The fraction of sp³-hybridized carbons (Fsp3) is 0.769. The average molecular weight is 387 g/mol. The molecule has 0 saturated heterocycles. The number of hydrogen-bond acceptors (Lipinski definition) is 2. The zero-order valence-electron chi connectivity index (χ0n) is 18.2. The maximum atomic E-state index is 10.9. The molecule has 0 aromatic heterocycles.